The molecule has 2 atom stereocenters. The van der Waals surface area contributed by atoms with Gasteiger partial charge in [0, 0.05) is 35.9 Å². The largest absolute Gasteiger partial charge is 0.350 e. The number of thioether (sulfide) groups is 1. The molecule has 0 radical (unpaired) electrons. The van der Waals surface area contributed by atoms with Gasteiger partial charge in [0.15, 0.2) is 6.17 Å². The Balaban J connectivity index is 1.39. The van der Waals surface area contributed by atoms with Crippen molar-refractivity contribution in [1.82, 2.24) is 4.90 Å². The molecule has 6 nitrogen and oxygen atoms in total. The molecule has 1 amide bonds. The van der Waals surface area contributed by atoms with Crippen LogP contribution in [-0.2, 0) is 4.79 Å². The van der Waals surface area contributed by atoms with Crippen molar-refractivity contribution in [3.05, 3.63) is 28.2 Å². The van der Waals surface area contributed by atoms with Crippen molar-refractivity contribution in [3.63, 3.8) is 0 Å². The van der Waals surface area contributed by atoms with Gasteiger partial charge in [-0.25, -0.2) is 4.99 Å². The van der Waals surface area contributed by atoms with Crippen LogP contribution in [0.15, 0.2) is 37.9 Å². The molecule has 1 aliphatic carbocycles. The lowest BCUT2D eigenvalue weighted by Crippen LogP contribution is -2.39. The normalized spacial score (nSPS) is 24.4. The third-order valence-corrected chi connectivity index (χ3v) is 7.05. The number of fused-ring (bicyclic) bond motifs is 3. The van der Waals surface area contributed by atoms with Gasteiger partial charge in [-0.3, -0.25) is 4.79 Å². The predicted octanol–water partition coefficient (Wildman–Crippen LogP) is 4.61. The molecule has 1 fully saturated rings. The molecule has 0 unspecified atom stereocenters. The predicted molar refractivity (Wildman–Crippen MR) is 113 cm³/mol. The van der Waals surface area contributed by atoms with Gasteiger partial charge < -0.3 is 9.80 Å². The molecule has 0 aromatic heterocycles. The molecular formula is C19H24BrN5OS. The number of nitrogens with zero attached hydrogens (tertiary/aromatic N) is 5. The summed E-state index contributed by atoms with van der Waals surface area (Å²) in [5.41, 5.74) is 2.27. The quantitative estimate of drug-likeness (QED) is 0.676. The zero-order valence-electron chi connectivity index (χ0n) is 15.6. The maximum atomic E-state index is 12.6. The van der Waals surface area contributed by atoms with Gasteiger partial charge in [-0.05, 0) is 31.0 Å². The monoisotopic (exact) mass is 449 g/mol. The van der Waals surface area contributed by atoms with Gasteiger partial charge in [0.25, 0.3) is 0 Å². The van der Waals surface area contributed by atoms with Crippen LogP contribution >= 0.6 is 27.7 Å². The third kappa shape index (κ3) is 3.78. The second-order valence-corrected chi connectivity index (χ2v) is 9.24. The van der Waals surface area contributed by atoms with Gasteiger partial charge >= 0.3 is 0 Å². The number of carbonyl (C=O) groups is 1. The number of amides is 1. The van der Waals surface area contributed by atoms with E-state index in [4.69, 9.17) is 4.99 Å². The Bertz CT molecular complexity index is 792. The number of rotatable bonds is 3. The highest BCUT2D eigenvalue weighted by atomic mass is 79.9. The first-order chi connectivity index (χ1) is 13.0. The molecular weight excluding hydrogens is 426 g/mol. The van der Waals surface area contributed by atoms with E-state index in [9.17, 15) is 4.79 Å². The van der Waals surface area contributed by atoms with Gasteiger partial charge in [-0.1, -0.05) is 47.0 Å². The SMILES string of the molecule is CN(C(=O)CSC1=N[C@H]2[C@H](N=N1)c1cc(Br)ccc1N2C)C1CCCCC1. The summed E-state index contributed by atoms with van der Waals surface area (Å²) in [6.45, 7) is 0. The molecule has 3 aliphatic rings. The van der Waals surface area contributed by atoms with E-state index >= 15 is 0 Å². The summed E-state index contributed by atoms with van der Waals surface area (Å²) >= 11 is 4.92. The van der Waals surface area contributed by atoms with Crippen LogP contribution < -0.4 is 4.90 Å². The van der Waals surface area contributed by atoms with Crippen molar-refractivity contribution in [3.8, 4) is 0 Å². The molecule has 144 valence electrons. The third-order valence-electron chi connectivity index (χ3n) is 5.72. The second kappa shape index (κ2) is 7.91. The average Bonchev–Trinajstić information content (AvgIpc) is 2.97. The minimum Gasteiger partial charge on any atom is -0.350 e. The van der Waals surface area contributed by atoms with Crippen molar-refractivity contribution in [1.29, 1.82) is 0 Å². The van der Waals surface area contributed by atoms with Crippen LogP contribution in [0.4, 0.5) is 5.69 Å². The number of benzene rings is 1. The summed E-state index contributed by atoms with van der Waals surface area (Å²) in [5.74, 6) is 0.517. The van der Waals surface area contributed by atoms with E-state index < -0.39 is 0 Å². The average molecular weight is 450 g/mol. The Morgan fingerprint density at radius 2 is 2.11 bits per heavy atom. The van der Waals surface area contributed by atoms with E-state index in [0.717, 1.165) is 28.6 Å². The maximum Gasteiger partial charge on any atom is 0.233 e. The highest BCUT2D eigenvalue weighted by Crippen LogP contribution is 2.44. The summed E-state index contributed by atoms with van der Waals surface area (Å²) in [4.78, 5) is 21.4. The molecule has 1 aromatic rings. The summed E-state index contributed by atoms with van der Waals surface area (Å²) < 4.78 is 1.03. The fraction of sp³-hybridized carbons (Fsp3) is 0.579. The number of aliphatic imine (C=N–C) groups is 1. The Kier molecular flexibility index (Phi) is 5.55. The first-order valence-electron chi connectivity index (χ1n) is 9.44. The molecule has 0 N–H and O–H groups in total. The number of carbonyl (C=O) groups excluding carboxylic acids is 1. The van der Waals surface area contributed by atoms with Crippen LogP contribution in [-0.4, -0.2) is 48.0 Å². The number of anilines is 1. The standard InChI is InChI=1S/C19H24BrN5OS/c1-24(13-6-4-3-5-7-13)16(26)11-27-19-21-18-17(22-23-19)14-10-12(20)8-9-15(14)25(18)2/h8-10,13,17-18H,3-7,11H2,1-2H3/t17-,18-/m1/s1. The van der Waals surface area contributed by atoms with Crippen LogP contribution in [0.1, 0.15) is 43.7 Å². The van der Waals surface area contributed by atoms with Gasteiger partial charge in [0.05, 0.1) is 5.75 Å². The highest BCUT2D eigenvalue weighted by molar-refractivity contribution is 9.10. The molecule has 1 saturated carbocycles. The first-order valence-corrected chi connectivity index (χ1v) is 11.2. The second-order valence-electron chi connectivity index (χ2n) is 7.38. The Labute approximate surface area is 172 Å². The number of likely N-dealkylation sites (N-methyl/N-ethyl adjacent to an activating group) is 1. The molecule has 2 heterocycles. The van der Waals surface area contributed by atoms with E-state index in [2.05, 4.69) is 43.2 Å². The minimum absolute atomic E-state index is 0.0764. The molecule has 0 bridgehead atoms. The summed E-state index contributed by atoms with van der Waals surface area (Å²) in [5, 5.41) is 9.41. The lowest BCUT2D eigenvalue weighted by molar-refractivity contribution is -0.129. The lowest BCUT2D eigenvalue weighted by atomic mass is 9.94. The van der Waals surface area contributed by atoms with Gasteiger partial charge in [0.1, 0.15) is 6.04 Å². The number of amidine groups is 1. The highest BCUT2D eigenvalue weighted by Gasteiger charge is 2.39. The first kappa shape index (κ1) is 18.9. The molecule has 1 aromatic carbocycles. The van der Waals surface area contributed by atoms with Crippen LogP contribution in [0.3, 0.4) is 0 Å². The Morgan fingerprint density at radius 1 is 1.33 bits per heavy atom. The topological polar surface area (TPSA) is 60.6 Å². The van der Waals surface area contributed by atoms with E-state index in [0.29, 0.717) is 17.0 Å². The van der Waals surface area contributed by atoms with Crippen molar-refractivity contribution in [2.45, 2.75) is 50.4 Å². The zero-order valence-corrected chi connectivity index (χ0v) is 18.0. The summed E-state index contributed by atoms with van der Waals surface area (Å²) in [7, 11) is 3.96. The minimum atomic E-state index is -0.0829. The van der Waals surface area contributed by atoms with Crippen LogP contribution in [0.5, 0.6) is 0 Å². The van der Waals surface area contributed by atoms with Crippen molar-refractivity contribution in [2.24, 2.45) is 15.2 Å². The summed E-state index contributed by atoms with van der Waals surface area (Å²) in [6, 6.07) is 6.51. The fourth-order valence-corrected chi connectivity index (χ4v) is 5.22. The number of azo groups is 1. The Hall–Kier alpha value is -1.41. The van der Waals surface area contributed by atoms with E-state index in [-0.39, 0.29) is 18.1 Å². The molecule has 4 rings (SSSR count). The van der Waals surface area contributed by atoms with E-state index in [1.807, 2.05) is 25.1 Å². The molecule has 2 aliphatic heterocycles. The molecule has 27 heavy (non-hydrogen) atoms. The van der Waals surface area contributed by atoms with Gasteiger partial charge in [-0.2, -0.15) is 5.11 Å². The Morgan fingerprint density at radius 3 is 2.89 bits per heavy atom. The lowest BCUT2D eigenvalue weighted by Gasteiger charge is -2.31. The van der Waals surface area contributed by atoms with E-state index in [1.54, 1.807) is 0 Å². The fourth-order valence-electron chi connectivity index (χ4n) is 4.09. The molecule has 0 spiro atoms. The zero-order chi connectivity index (χ0) is 19.0. The van der Waals surface area contributed by atoms with Crippen LogP contribution in [0.2, 0.25) is 0 Å². The van der Waals surface area contributed by atoms with Crippen molar-refractivity contribution in [2.75, 3.05) is 24.7 Å². The number of hydrogen-bond donors (Lipinski definition) is 0. The number of hydrogen-bond acceptors (Lipinski definition) is 6. The van der Waals surface area contributed by atoms with Crippen molar-refractivity contribution >= 4 is 44.5 Å². The molecule has 8 heteroatoms. The van der Waals surface area contributed by atoms with E-state index in [1.165, 1.54) is 31.0 Å². The maximum absolute atomic E-state index is 12.6. The van der Waals surface area contributed by atoms with Crippen LogP contribution in [0, 0.1) is 0 Å². The number of halogens is 1. The summed E-state index contributed by atoms with van der Waals surface area (Å²) in [6.07, 6.45) is 5.90. The molecule has 0 saturated heterocycles. The van der Waals surface area contributed by atoms with Crippen molar-refractivity contribution < 1.29 is 4.79 Å². The van der Waals surface area contributed by atoms with Gasteiger partial charge in [-0.15, -0.1) is 5.11 Å². The van der Waals surface area contributed by atoms with Gasteiger partial charge in [0.2, 0.25) is 11.1 Å². The van der Waals surface area contributed by atoms with Crippen LogP contribution in [0.25, 0.3) is 0 Å². The smallest absolute Gasteiger partial charge is 0.233 e.